The fourth-order valence-electron chi connectivity index (χ4n) is 3.30. The number of carbonyl (C=O) groups excluding carboxylic acids is 2. The second kappa shape index (κ2) is 8.42. The van der Waals surface area contributed by atoms with Gasteiger partial charge in [-0.25, -0.2) is 17.9 Å². The van der Waals surface area contributed by atoms with Crippen LogP contribution in [-0.4, -0.2) is 59.7 Å². The van der Waals surface area contributed by atoms with Gasteiger partial charge in [0.2, 0.25) is 0 Å². The number of amides is 1. The van der Waals surface area contributed by atoms with Crippen LogP contribution in [0.3, 0.4) is 0 Å². The summed E-state index contributed by atoms with van der Waals surface area (Å²) in [5.74, 6) is -0.550. The summed E-state index contributed by atoms with van der Waals surface area (Å²) in [6.45, 7) is 4.05. The van der Waals surface area contributed by atoms with Gasteiger partial charge in [0.05, 0.1) is 35.5 Å². The molecule has 10 nitrogen and oxygen atoms in total. The molecule has 0 spiro atoms. The zero-order valence-electron chi connectivity index (χ0n) is 17.5. The lowest BCUT2D eigenvalue weighted by molar-refractivity contribution is -0.112. The highest BCUT2D eigenvalue weighted by atomic mass is 32.2. The predicted molar refractivity (Wildman–Crippen MR) is 118 cm³/mol. The predicted octanol–water partition coefficient (Wildman–Crippen LogP) is 1.79. The molecule has 0 atom stereocenters. The minimum absolute atomic E-state index is 0.0953. The van der Waals surface area contributed by atoms with Crippen LogP contribution in [0, 0.1) is 6.92 Å². The molecule has 0 fully saturated rings. The van der Waals surface area contributed by atoms with Crippen molar-refractivity contribution in [3.63, 3.8) is 0 Å². The Bertz CT molecular complexity index is 1270. The highest BCUT2D eigenvalue weighted by molar-refractivity contribution is 7.90. The number of nitrogens with zero attached hydrogens (tertiary/aromatic N) is 4. The Balaban J connectivity index is 1.46. The van der Waals surface area contributed by atoms with Gasteiger partial charge in [0.1, 0.15) is 11.4 Å². The highest BCUT2D eigenvalue weighted by Gasteiger charge is 2.25. The summed E-state index contributed by atoms with van der Waals surface area (Å²) in [4.78, 5) is 26.3. The maximum Gasteiger partial charge on any atom is 0.341 e. The molecule has 2 aromatic rings. The quantitative estimate of drug-likeness (QED) is 0.682. The number of hydrogen-bond acceptors (Lipinski definition) is 7. The normalized spacial score (nSPS) is 16.6. The molecule has 1 N–H and O–H groups in total. The minimum atomic E-state index is -3.44. The van der Waals surface area contributed by atoms with Crippen LogP contribution in [0.2, 0.25) is 0 Å². The van der Waals surface area contributed by atoms with Crippen molar-refractivity contribution >= 4 is 33.4 Å². The van der Waals surface area contributed by atoms with Crippen molar-refractivity contribution in [1.29, 1.82) is 0 Å². The summed E-state index contributed by atoms with van der Waals surface area (Å²) in [6.07, 6.45) is 6.09. The molecule has 0 radical (unpaired) electrons. The molecule has 1 amide bonds. The van der Waals surface area contributed by atoms with Gasteiger partial charge in [-0.1, -0.05) is 0 Å². The standard InChI is InChI=1S/C21H21N5O5S/c1-3-31-21(28)18-12-22-26(14(18)2)17-7-5-16(6-8-17)23-20(27)15-4-9-19-24-32(29,30)11-10-25(19)13-15/h4-9,12-13H,3,10-11H2,1-2H3,(H,23,27). The third-order valence-corrected chi connectivity index (χ3v) is 6.12. The van der Waals surface area contributed by atoms with Gasteiger partial charge in [-0.05, 0) is 50.3 Å². The first-order valence-electron chi connectivity index (χ1n) is 9.90. The van der Waals surface area contributed by atoms with E-state index in [1.807, 2.05) is 0 Å². The smallest absolute Gasteiger partial charge is 0.341 e. The average molecular weight is 455 g/mol. The molecular formula is C21H21N5O5S. The molecule has 0 unspecified atom stereocenters. The zero-order valence-corrected chi connectivity index (χ0v) is 18.3. The number of nitrogens with one attached hydrogen (secondary N) is 1. The lowest BCUT2D eigenvalue weighted by Crippen LogP contribution is -2.37. The number of sulfonamides is 1. The largest absolute Gasteiger partial charge is 0.462 e. The van der Waals surface area contributed by atoms with Gasteiger partial charge in [-0.2, -0.15) is 5.10 Å². The monoisotopic (exact) mass is 455 g/mol. The maximum atomic E-state index is 12.6. The lowest BCUT2D eigenvalue weighted by Gasteiger charge is -2.26. The maximum absolute atomic E-state index is 12.6. The van der Waals surface area contributed by atoms with E-state index in [9.17, 15) is 18.0 Å². The summed E-state index contributed by atoms with van der Waals surface area (Å²) in [6, 6.07) is 7.00. The van der Waals surface area contributed by atoms with E-state index in [1.54, 1.807) is 53.9 Å². The fraction of sp³-hybridized carbons (Fsp3) is 0.238. The molecule has 0 aliphatic carbocycles. The van der Waals surface area contributed by atoms with Crippen molar-refractivity contribution in [3.8, 4) is 5.69 Å². The van der Waals surface area contributed by atoms with Crippen LogP contribution in [0.25, 0.3) is 5.69 Å². The van der Waals surface area contributed by atoms with E-state index in [2.05, 4.69) is 14.8 Å². The molecule has 0 bridgehead atoms. The van der Waals surface area contributed by atoms with E-state index in [-0.39, 0.29) is 24.8 Å². The van der Waals surface area contributed by atoms with Crippen LogP contribution in [0.15, 0.2) is 58.8 Å². The van der Waals surface area contributed by atoms with E-state index in [1.165, 1.54) is 18.3 Å². The molecule has 0 saturated heterocycles. The molecule has 3 heterocycles. The topological polar surface area (TPSA) is 123 Å². The summed E-state index contributed by atoms with van der Waals surface area (Å²) < 4.78 is 33.5. The van der Waals surface area contributed by atoms with Crippen LogP contribution in [0.4, 0.5) is 5.69 Å². The molecule has 1 aromatic heterocycles. The SMILES string of the molecule is CCOC(=O)c1cnn(-c2ccc(NC(=O)C3=CN4CCS(=O)(=O)N=C4C=C3)cc2)c1C. The molecule has 11 heteroatoms. The van der Waals surface area contributed by atoms with Crippen molar-refractivity contribution in [2.75, 3.05) is 24.2 Å². The molecule has 2 aliphatic rings. The highest BCUT2D eigenvalue weighted by Crippen LogP contribution is 2.20. The van der Waals surface area contributed by atoms with Crippen molar-refractivity contribution < 1.29 is 22.7 Å². The van der Waals surface area contributed by atoms with Crippen molar-refractivity contribution in [2.45, 2.75) is 13.8 Å². The van der Waals surface area contributed by atoms with E-state index in [0.717, 1.165) is 5.69 Å². The Morgan fingerprint density at radius 1 is 1.19 bits per heavy atom. The Morgan fingerprint density at radius 3 is 2.66 bits per heavy atom. The molecule has 166 valence electrons. The second-order valence-corrected chi connectivity index (χ2v) is 8.88. The first-order valence-corrected chi connectivity index (χ1v) is 11.5. The summed E-state index contributed by atoms with van der Waals surface area (Å²) in [7, 11) is -3.44. The van der Waals surface area contributed by atoms with Crippen molar-refractivity contribution in [3.05, 3.63) is 65.6 Å². The molecule has 4 rings (SSSR count). The number of carbonyl (C=O) groups is 2. The number of fused-ring (bicyclic) bond motifs is 1. The second-order valence-electron chi connectivity index (χ2n) is 7.12. The van der Waals surface area contributed by atoms with Gasteiger partial charge in [0.15, 0.2) is 0 Å². The Kier molecular flexibility index (Phi) is 5.66. The lowest BCUT2D eigenvalue weighted by atomic mass is 10.1. The number of amidine groups is 1. The van der Waals surface area contributed by atoms with E-state index in [4.69, 9.17) is 4.74 Å². The first-order chi connectivity index (χ1) is 15.3. The number of aromatic nitrogens is 2. The fourth-order valence-corrected chi connectivity index (χ4v) is 4.27. The molecule has 32 heavy (non-hydrogen) atoms. The summed E-state index contributed by atoms with van der Waals surface area (Å²) >= 11 is 0. The molecule has 2 aliphatic heterocycles. The van der Waals surface area contributed by atoms with E-state index < -0.39 is 16.0 Å². The van der Waals surface area contributed by atoms with Crippen molar-refractivity contribution in [2.24, 2.45) is 4.40 Å². The third kappa shape index (κ3) is 4.33. The number of hydrogen-bond donors (Lipinski definition) is 1. The Labute approximate surface area is 184 Å². The van der Waals surface area contributed by atoms with Gasteiger partial charge < -0.3 is 15.0 Å². The van der Waals surface area contributed by atoms with Crippen LogP contribution in [-0.2, 0) is 19.6 Å². The molecule has 0 saturated carbocycles. The molecule has 1 aromatic carbocycles. The van der Waals surface area contributed by atoms with Gasteiger partial charge >= 0.3 is 5.97 Å². The van der Waals surface area contributed by atoms with Crippen LogP contribution in [0.1, 0.15) is 23.0 Å². The van der Waals surface area contributed by atoms with Crippen LogP contribution >= 0.6 is 0 Å². The number of ether oxygens (including phenoxy) is 1. The van der Waals surface area contributed by atoms with Crippen LogP contribution in [0.5, 0.6) is 0 Å². The van der Waals surface area contributed by atoms with Crippen molar-refractivity contribution in [1.82, 2.24) is 14.7 Å². The van der Waals surface area contributed by atoms with Gasteiger partial charge in [-0.3, -0.25) is 4.79 Å². The van der Waals surface area contributed by atoms with Gasteiger partial charge in [0, 0.05) is 18.4 Å². The number of benzene rings is 1. The first kappa shape index (κ1) is 21.5. The summed E-state index contributed by atoms with van der Waals surface area (Å²) in [5, 5.41) is 7.06. The van der Waals surface area contributed by atoms with Gasteiger partial charge in [0.25, 0.3) is 15.9 Å². The number of anilines is 1. The van der Waals surface area contributed by atoms with Gasteiger partial charge in [-0.15, -0.1) is 4.40 Å². The Hall–Kier alpha value is -3.73. The minimum Gasteiger partial charge on any atom is -0.462 e. The molecular weight excluding hydrogens is 434 g/mol. The summed E-state index contributed by atoms with van der Waals surface area (Å²) in [5.41, 5.74) is 2.73. The average Bonchev–Trinajstić information content (AvgIpc) is 3.15. The van der Waals surface area contributed by atoms with E-state index >= 15 is 0 Å². The zero-order chi connectivity index (χ0) is 22.9. The number of esters is 1. The Morgan fingerprint density at radius 2 is 1.94 bits per heavy atom. The third-order valence-electron chi connectivity index (χ3n) is 4.96. The number of rotatable bonds is 5. The van der Waals surface area contributed by atoms with E-state index in [0.29, 0.717) is 28.4 Å². The van der Waals surface area contributed by atoms with Crippen LogP contribution < -0.4 is 5.32 Å².